The van der Waals surface area contributed by atoms with E-state index in [0.29, 0.717) is 42.9 Å². The first-order valence-corrected chi connectivity index (χ1v) is 14.7. The van der Waals surface area contributed by atoms with E-state index in [0.717, 1.165) is 23.4 Å². The number of alkyl halides is 3. The molecule has 1 amide bonds. The largest absolute Gasteiger partial charge is 0.416 e. The van der Waals surface area contributed by atoms with Gasteiger partial charge in [0.15, 0.2) is 11.0 Å². The summed E-state index contributed by atoms with van der Waals surface area (Å²) in [5.41, 5.74) is 2.22. The predicted molar refractivity (Wildman–Crippen MR) is 156 cm³/mol. The van der Waals surface area contributed by atoms with Crippen LogP contribution in [0.4, 0.5) is 13.2 Å². The molecule has 5 aromatic rings. The third-order valence-electron chi connectivity index (χ3n) is 5.98. The Kier molecular flexibility index (Phi) is 8.69. The van der Waals surface area contributed by atoms with Gasteiger partial charge in [-0.3, -0.25) is 9.36 Å². The number of rotatable bonds is 8. The number of aryl methyl sites for hydroxylation is 1. The van der Waals surface area contributed by atoms with Crippen LogP contribution < -0.4 is 5.32 Å². The van der Waals surface area contributed by atoms with Gasteiger partial charge in [-0.15, -0.1) is 21.5 Å². The first-order chi connectivity index (χ1) is 19.6. The van der Waals surface area contributed by atoms with Gasteiger partial charge in [-0.05, 0) is 54.4 Å². The number of aromatic nitrogens is 4. The maximum absolute atomic E-state index is 13.0. The van der Waals surface area contributed by atoms with Crippen molar-refractivity contribution in [3.63, 3.8) is 0 Å². The van der Waals surface area contributed by atoms with Gasteiger partial charge < -0.3 is 5.32 Å². The zero-order valence-corrected chi connectivity index (χ0v) is 24.4. The first-order valence-electron chi connectivity index (χ1n) is 12.1. The van der Waals surface area contributed by atoms with Crippen LogP contribution in [-0.4, -0.2) is 25.7 Å². The average Bonchev–Trinajstić information content (AvgIpc) is 3.59. The standard InChI is InChI=1S/C28H20Cl2F3N5OS2/c1-16-9-10-19(29)12-23(16)38-25(20-7-2-3-8-21(20)30)36-37-27(38)41-15-24-35-22(14-40-24)26(39)34-13-17-5-4-6-18(11-17)28(31,32)33/h2-12,14H,13,15H2,1H3,(H,34,39). The fourth-order valence-corrected chi connectivity index (χ4v) is 6.08. The van der Waals surface area contributed by atoms with Crippen LogP contribution in [0.2, 0.25) is 10.0 Å². The van der Waals surface area contributed by atoms with Gasteiger partial charge in [0, 0.05) is 22.5 Å². The fraction of sp³-hybridized carbons (Fsp3) is 0.143. The molecule has 2 heterocycles. The van der Waals surface area contributed by atoms with Crippen LogP contribution in [0.3, 0.4) is 0 Å². The van der Waals surface area contributed by atoms with E-state index < -0.39 is 17.6 Å². The van der Waals surface area contributed by atoms with Gasteiger partial charge >= 0.3 is 6.18 Å². The number of hydrogen-bond donors (Lipinski definition) is 1. The molecule has 41 heavy (non-hydrogen) atoms. The lowest BCUT2D eigenvalue weighted by atomic mass is 10.1. The Morgan fingerprint density at radius 2 is 1.85 bits per heavy atom. The smallest absolute Gasteiger partial charge is 0.347 e. The Balaban J connectivity index is 1.33. The SMILES string of the molecule is Cc1ccc(Cl)cc1-n1c(SCc2nc(C(=O)NCc3cccc(C(F)(F)F)c3)cs2)nnc1-c1ccccc1Cl. The van der Waals surface area contributed by atoms with E-state index in [4.69, 9.17) is 23.2 Å². The van der Waals surface area contributed by atoms with Crippen molar-refractivity contribution in [2.24, 2.45) is 0 Å². The molecule has 5 rings (SSSR count). The number of benzene rings is 3. The number of thioether (sulfide) groups is 1. The van der Waals surface area contributed by atoms with Crippen LogP contribution >= 0.6 is 46.3 Å². The topological polar surface area (TPSA) is 72.7 Å². The molecule has 1 N–H and O–H groups in total. The van der Waals surface area contributed by atoms with E-state index in [1.807, 2.05) is 47.9 Å². The number of carbonyl (C=O) groups excluding carboxylic acids is 1. The van der Waals surface area contributed by atoms with Gasteiger partial charge in [0.05, 0.1) is 22.0 Å². The van der Waals surface area contributed by atoms with E-state index in [-0.39, 0.29) is 12.2 Å². The van der Waals surface area contributed by atoms with Gasteiger partial charge in [-0.1, -0.05) is 65.3 Å². The molecule has 0 radical (unpaired) electrons. The monoisotopic (exact) mass is 633 g/mol. The summed E-state index contributed by atoms with van der Waals surface area (Å²) >= 11 is 15.5. The molecule has 2 aromatic heterocycles. The molecule has 0 aliphatic carbocycles. The fourth-order valence-electron chi connectivity index (χ4n) is 3.96. The van der Waals surface area contributed by atoms with Crippen molar-refractivity contribution in [2.75, 3.05) is 0 Å². The molecule has 0 saturated carbocycles. The van der Waals surface area contributed by atoms with Crippen LogP contribution in [0, 0.1) is 6.92 Å². The summed E-state index contributed by atoms with van der Waals surface area (Å²) in [7, 11) is 0. The highest BCUT2D eigenvalue weighted by Crippen LogP contribution is 2.35. The minimum atomic E-state index is -4.45. The van der Waals surface area contributed by atoms with Crippen molar-refractivity contribution >= 4 is 52.2 Å². The lowest BCUT2D eigenvalue weighted by Crippen LogP contribution is -2.23. The van der Waals surface area contributed by atoms with Crippen molar-refractivity contribution in [3.05, 3.63) is 110 Å². The molecule has 0 atom stereocenters. The van der Waals surface area contributed by atoms with Crippen molar-refractivity contribution in [1.29, 1.82) is 0 Å². The number of nitrogens with one attached hydrogen (secondary N) is 1. The van der Waals surface area contributed by atoms with E-state index in [9.17, 15) is 18.0 Å². The molecule has 0 aliphatic rings. The van der Waals surface area contributed by atoms with Crippen LogP contribution in [0.5, 0.6) is 0 Å². The molecule has 0 unspecified atom stereocenters. The maximum atomic E-state index is 13.0. The summed E-state index contributed by atoms with van der Waals surface area (Å²) in [6.45, 7) is 1.90. The zero-order chi connectivity index (χ0) is 29.1. The van der Waals surface area contributed by atoms with Gasteiger partial charge in [0.1, 0.15) is 10.7 Å². The van der Waals surface area contributed by atoms with E-state index in [1.165, 1.54) is 35.2 Å². The van der Waals surface area contributed by atoms with Crippen LogP contribution in [-0.2, 0) is 18.5 Å². The summed E-state index contributed by atoms with van der Waals surface area (Å²) in [6, 6.07) is 17.7. The Bertz CT molecular complexity index is 1720. The summed E-state index contributed by atoms with van der Waals surface area (Å²) in [5.74, 6) is 0.470. The number of hydrogen-bond acceptors (Lipinski definition) is 6. The Hall–Kier alpha value is -3.38. The average molecular weight is 635 g/mol. The second-order valence-corrected chi connectivity index (χ2v) is 11.6. The minimum Gasteiger partial charge on any atom is -0.347 e. The minimum absolute atomic E-state index is 0.0583. The normalized spacial score (nSPS) is 11.6. The van der Waals surface area contributed by atoms with Crippen LogP contribution in [0.1, 0.15) is 32.2 Å². The van der Waals surface area contributed by atoms with E-state index in [1.54, 1.807) is 11.4 Å². The molecular weight excluding hydrogens is 614 g/mol. The third kappa shape index (κ3) is 6.75. The summed E-state index contributed by atoms with van der Waals surface area (Å²) < 4.78 is 40.8. The van der Waals surface area contributed by atoms with E-state index in [2.05, 4.69) is 20.5 Å². The first kappa shape index (κ1) is 29.1. The number of thiazole rings is 1. The van der Waals surface area contributed by atoms with Gasteiger partial charge in [0.2, 0.25) is 0 Å². The Morgan fingerprint density at radius 3 is 2.63 bits per heavy atom. The Morgan fingerprint density at radius 1 is 1.05 bits per heavy atom. The molecule has 210 valence electrons. The number of halogens is 5. The number of amides is 1. The quantitative estimate of drug-likeness (QED) is 0.174. The van der Waals surface area contributed by atoms with Crippen LogP contribution in [0.25, 0.3) is 17.1 Å². The number of carbonyl (C=O) groups is 1. The third-order valence-corrected chi connectivity index (χ3v) is 8.51. The van der Waals surface area contributed by atoms with Gasteiger partial charge in [-0.2, -0.15) is 13.2 Å². The second-order valence-electron chi connectivity index (χ2n) is 8.85. The molecular formula is C28H20Cl2F3N5OS2. The summed E-state index contributed by atoms with van der Waals surface area (Å²) in [6.07, 6.45) is -4.45. The van der Waals surface area contributed by atoms with Gasteiger partial charge in [0.25, 0.3) is 5.91 Å². The molecule has 0 saturated heterocycles. The highest BCUT2D eigenvalue weighted by Gasteiger charge is 2.30. The predicted octanol–water partition coefficient (Wildman–Crippen LogP) is 8.25. The molecule has 0 fully saturated rings. The zero-order valence-electron chi connectivity index (χ0n) is 21.2. The van der Waals surface area contributed by atoms with E-state index >= 15 is 0 Å². The molecule has 6 nitrogen and oxygen atoms in total. The molecule has 13 heteroatoms. The summed E-state index contributed by atoms with van der Waals surface area (Å²) in [4.78, 5) is 17.1. The van der Waals surface area contributed by atoms with Crippen molar-refractivity contribution in [1.82, 2.24) is 25.1 Å². The molecule has 3 aromatic carbocycles. The maximum Gasteiger partial charge on any atom is 0.416 e. The van der Waals surface area contributed by atoms with Gasteiger partial charge in [-0.25, -0.2) is 4.98 Å². The van der Waals surface area contributed by atoms with Crippen molar-refractivity contribution in [2.45, 2.75) is 30.6 Å². The Labute approximate surface area is 251 Å². The highest BCUT2D eigenvalue weighted by molar-refractivity contribution is 7.98. The molecule has 0 spiro atoms. The van der Waals surface area contributed by atoms with Crippen molar-refractivity contribution < 1.29 is 18.0 Å². The second kappa shape index (κ2) is 12.2. The molecule has 0 aliphatic heterocycles. The lowest BCUT2D eigenvalue weighted by molar-refractivity contribution is -0.137. The van der Waals surface area contributed by atoms with Crippen molar-refractivity contribution in [3.8, 4) is 17.1 Å². The van der Waals surface area contributed by atoms with Crippen LogP contribution in [0.15, 0.2) is 77.3 Å². The lowest BCUT2D eigenvalue weighted by Gasteiger charge is -2.14. The molecule has 0 bridgehead atoms. The highest BCUT2D eigenvalue weighted by atomic mass is 35.5. The number of nitrogens with zero attached hydrogens (tertiary/aromatic N) is 4. The summed E-state index contributed by atoms with van der Waals surface area (Å²) in [5, 5.41) is 15.4.